The maximum absolute atomic E-state index is 6.11. The van der Waals surface area contributed by atoms with Gasteiger partial charge in [-0.25, -0.2) is 9.97 Å². The summed E-state index contributed by atoms with van der Waals surface area (Å²) < 4.78 is 6.22. The zero-order valence-electron chi connectivity index (χ0n) is 10.6. The van der Waals surface area contributed by atoms with E-state index < -0.39 is 0 Å². The normalized spacial score (nSPS) is 13.1. The van der Waals surface area contributed by atoms with Gasteiger partial charge in [0.1, 0.15) is 11.3 Å². The molecule has 0 aliphatic heterocycles. The van der Waals surface area contributed by atoms with E-state index in [4.69, 9.17) is 16.3 Å². The van der Waals surface area contributed by atoms with Gasteiger partial charge in [0.25, 0.3) is 0 Å². The van der Waals surface area contributed by atoms with Crippen LogP contribution < -0.4 is 0 Å². The van der Waals surface area contributed by atoms with E-state index in [1.54, 1.807) is 7.11 Å². The second kappa shape index (κ2) is 6.66. The molecule has 0 aliphatic carbocycles. The molecule has 0 aliphatic rings. The van der Waals surface area contributed by atoms with Gasteiger partial charge in [-0.2, -0.15) is 0 Å². The van der Waals surface area contributed by atoms with Crippen LogP contribution in [0.25, 0.3) is 0 Å². The van der Waals surface area contributed by atoms with Gasteiger partial charge in [0.2, 0.25) is 0 Å². The lowest BCUT2D eigenvalue weighted by Crippen LogP contribution is -2.14. The first-order valence-electron chi connectivity index (χ1n) is 5.75. The quantitative estimate of drug-likeness (QED) is 0.763. The average Bonchev–Trinajstić information content (AvgIpc) is 2.26. The maximum Gasteiger partial charge on any atom is 0.159 e. The molecular weight excluding hydrogens is 304 g/mol. The second-order valence-electron chi connectivity index (χ2n) is 4.28. The maximum atomic E-state index is 6.11. The van der Waals surface area contributed by atoms with Crippen LogP contribution in [0.15, 0.2) is 4.47 Å². The SMILES string of the molecule is CCCc1nc(C(OC)C(C)C)nc(Cl)c1Br. The van der Waals surface area contributed by atoms with Gasteiger partial charge in [-0.1, -0.05) is 38.8 Å². The minimum atomic E-state index is -0.115. The summed E-state index contributed by atoms with van der Waals surface area (Å²) in [7, 11) is 1.67. The molecule has 1 heterocycles. The molecule has 0 amide bonds. The molecule has 1 unspecified atom stereocenters. The number of hydrogen-bond acceptors (Lipinski definition) is 3. The number of aromatic nitrogens is 2. The van der Waals surface area contributed by atoms with Crippen molar-refractivity contribution in [1.82, 2.24) is 9.97 Å². The smallest absolute Gasteiger partial charge is 0.159 e. The molecule has 0 fully saturated rings. The van der Waals surface area contributed by atoms with Crippen molar-refractivity contribution in [2.24, 2.45) is 5.92 Å². The fraction of sp³-hybridized carbons (Fsp3) is 0.667. The van der Waals surface area contributed by atoms with E-state index in [9.17, 15) is 0 Å². The zero-order chi connectivity index (χ0) is 13.0. The van der Waals surface area contributed by atoms with E-state index in [-0.39, 0.29) is 6.10 Å². The Morgan fingerprint density at radius 3 is 2.47 bits per heavy atom. The molecule has 17 heavy (non-hydrogen) atoms. The summed E-state index contributed by atoms with van der Waals surface area (Å²) >= 11 is 9.53. The van der Waals surface area contributed by atoms with Gasteiger partial charge >= 0.3 is 0 Å². The van der Waals surface area contributed by atoms with E-state index in [1.807, 2.05) is 0 Å². The molecule has 5 heteroatoms. The van der Waals surface area contributed by atoms with E-state index in [1.165, 1.54) is 0 Å². The van der Waals surface area contributed by atoms with Gasteiger partial charge in [0.15, 0.2) is 5.82 Å². The summed E-state index contributed by atoms with van der Waals surface area (Å²) in [5, 5.41) is 0.459. The molecule has 0 spiro atoms. The summed E-state index contributed by atoms with van der Waals surface area (Å²) in [6.07, 6.45) is 1.78. The Hall–Kier alpha value is -0.190. The predicted molar refractivity (Wildman–Crippen MR) is 73.3 cm³/mol. The molecule has 96 valence electrons. The van der Waals surface area contributed by atoms with Crippen molar-refractivity contribution in [2.45, 2.75) is 39.7 Å². The van der Waals surface area contributed by atoms with Crippen LogP contribution in [-0.4, -0.2) is 17.1 Å². The number of methoxy groups -OCH3 is 1. The van der Waals surface area contributed by atoms with Crippen molar-refractivity contribution >= 4 is 27.5 Å². The Kier molecular flexibility index (Phi) is 5.83. The van der Waals surface area contributed by atoms with Gasteiger partial charge in [0, 0.05) is 7.11 Å². The molecule has 0 aromatic carbocycles. The van der Waals surface area contributed by atoms with Crippen molar-refractivity contribution < 1.29 is 4.74 Å². The number of hydrogen-bond donors (Lipinski definition) is 0. The standard InChI is InChI=1S/C12H18BrClN2O/c1-5-6-8-9(13)11(14)16-12(15-8)10(17-4)7(2)3/h7,10H,5-6H2,1-4H3. The number of aryl methyl sites for hydroxylation is 1. The van der Waals surface area contributed by atoms with E-state index in [2.05, 4.69) is 46.7 Å². The van der Waals surface area contributed by atoms with Crippen LogP contribution in [0, 0.1) is 5.92 Å². The van der Waals surface area contributed by atoms with Crippen LogP contribution in [0.3, 0.4) is 0 Å². The van der Waals surface area contributed by atoms with Gasteiger partial charge < -0.3 is 4.74 Å². The fourth-order valence-corrected chi connectivity index (χ4v) is 2.26. The minimum absolute atomic E-state index is 0.115. The monoisotopic (exact) mass is 320 g/mol. The highest BCUT2D eigenvalue weighted by molar-refractivity contribution is 9.10. The molecule has 3 nitrogen and oxygen atoms in total. The van der Waals surface area contributed by atoms with E-state index in [0.29, 0.717) is 16.9 Å². The lowest BCUT2D eigenvalue weighted by molar-refractivity contribution is 0.0572. The van der Waals surface area contributed by atoms with Crippen LogP contribution in [0.2, 0.25) is 5.15 Å². The van der Waals surface area contributed by atoms with Crippen LogP contribution >= 0.6 is 27.5 Å². The van der Waals surface area contributed by atoms with Crippen molar-refractivity contribution in [2.75, 3.05) is 7.11 Å². The van der Waals surface area contributed by atoms with Crippen LogP contribution in [-0.2, 0) is 11.2 Å². The third-order valence-electron chi connectivity index (χ3n) is 2.50. The summed E-state index contributed by atoms with van der Waals surface area (Å²) in [6.45, 7) is 6.26. The van der Waals surface area contributed by atoms with Crippen LogP contribution in [0.5, 0.6) is 0 Å². The molecule has 0 N–H and O–H groups in total. The van der Waals surface area contributed by atoms with Gasteiger partial charge in [-0.15, -0.1) is 0 Å². The van der Waals surface area contributed by atoms with Crippen molar-refractivity contribution in [3.05, 3.63) is 21.1 Å². The highest BCUT2D eigenvalue weighted by atomic mass is 79.9. The summed E-state index contributed by atoms with van der Waals surface area (Å²) in [5.74, 6) is 0.978. The van der Waals surface area contributed by atoms with Crippen LogP contribution in [0.1, 0.15) is 44.8 Å². The second-order valence-corrected chi connectivity index (χ2v) is 5.43. The number of ether oxygens (including phenoxy) is 1. The van der Waals surface area contributed by atoms with Crippen molar-refractivity contribution in [3.63, 3.8) is 0 Å². The molecule has 0 saturated heterocycles. The lowest BCUT2D eigenvalue weighted by atomic mass is 10.1. The number of nitrogens with zero attached hydrogens (tertiary/aromatic N) is 2. The van der Waals surface area contributed by atoms with E-state index >= 15 is 0 Å². The molecule has 0 saturated carbocycles. The molecular formula is C12H18BrClN2O. The van der Waals surface area contributed by atoms with Crippen molar-refractivity contribution in [1.29, 1.82) is 0 Å². The Morgan fingerprint density at radius 1 is 1.35 bits per heavy atom. The average molecular weight is 322 g/mol. The molecule has 1 atom stereocenters. The largest absolute Gasteiger partial charge is 0.373 e. The van der Waals surface area contributed by atoms with Crippen molar-refractivity contribution in [3.8, 4) is 0 Å². The first kappa shape index (κ1) is 14.9. The first-order valence-corrected chi connectivity index (χ1v) is 6.92. The molecule has 1 aromatic heterocycles. The highest BCUT2D eigenvalue weighted by Crippen LogP contribution is 2.29. The number of rotatable bonds is 5. The Labute approximate surface area is 116 Å². The summed E-state index contributed by atoms with van der Waals surface area (Å²) in [6, 6.07) is 0. The minimum Gasteiger partial charge on any atom is -0.373 e. The van der Waals surface area contributed by atoms with Gasteiger partial charge in [0.05, 0.1) is 10.2 Å². The summed E-state index contributed by atoms with van der Waals surface area (Å²) in [5.41, 5.74) is 0.949. The van der Waals surface area contributed by atoms with Gasteiger partial charge in [-0.3, -0.25) is 0 Å². The Balaban J connectivity index is 3.16. The number of halogens is 2. The lowest BCUT2D eigenvalue weighted by Gasteiger charge is -2.19. The molecule has 0 radical (unpaired) electrons. The molecule has 0 bridgehead atoms. The topological polar surface area (TPSA) is 35.0 Å². The van der Waals surface area contributed by atoms with Crippen LogP contribution in [0.4, 0.5) is 0 Å². The Bertz CT molecular complexity index is 385. The van der Waals surface area contributed by atoms with Gasteiger partial charge in [-0.05, 0) is 28.3 Å². The van der Waals surface area contributed by atoms with E-state index in [0.717, 1.165) is 23.0 Å². The third-order valence-corrected chi connectivity index (χ3v) is 3.83. The first-order chi connectivity index (χ1) is 8.01. The Morgan fingerprint density at radius 2 is 2.00 bits per heavy atom. The highest BCUT2D eigenvalue weighted by Gasteiger charge is 2.21. The molecule has 1 aromatic rings. The summed E-state index contributed by atoms with van der Waals surface area (Å²) in [4.78, 5) is 8.84. The third kappa shape index (κ3) is 3.63. The predicted octanol–water partition coefficient (Wildman–Crippen LogP) is 4.19. The fourth-order valence-electron chi connectivity index (χ4n) is 1.69. The molecule has 1 rings (SSSR count). The zero-order valence-corrected chi connectivity index (χ0v) is 13.0.